The fourth-order valence-corrected chi connectivity index (χ4v) is 1.82. The van der Waals surface area contributed by atoms with Gasteiger partial charge in [-0.25, -0.2) is 4.21 Å². The monoisotopic (exact) mass is 233 g/mol. The molecule has 0 spiro atoms. The van der Waals surface area contributed by atoms with Crippen molar-refractivity contribution in [2.45, 2.75) is 0 Å². The number of anilines is 1. The van der Waals surface area contributed by atoms with Crippen LogP contribution >= 0.6 is 0 Å². The van der Waals surface area contributed by atoms with E-state index in [0.717, 1.165) is 11.1 Å². The topological polar surface area (TPSA) is 49.3 Å². The Morgan fingerprint density at radius 1 is 0.938 bits per heavy atom. The van der Waals surface area contributed by atoms with Gasteiger partial charge in [0.1, 0.15) is 0 Å². The second kappa shape index (κ2) is 4.92. The van der Waals surface area contributed by atoms with Crippen LogP contribution in [0.2, 0.25) is 0 Å². The lowest BCUT2D eigenvalue weighted by Gasteiger charge is -2.05. The van der Waals surface area contributed by atoms with Crippen LogP contribution in [0, 0.1) is 0 Å². The van der Waals surface area contributed by atoms with Crippen molar-refractivity contribution in [1.82, 2.24) is 0 Å². The SMILES string of the molecule is O=S(O)Nc1cccc(-c2ccccc2)c1. The van der Waals surface area contributed by atoms with Crippen molar-refractivity contribution >= 4 is 17.0 Å². The van der Waals surface area contributed by atoms with Crippen molar-refractivity contribution < 1.29 is 8.76 Å². The standard InChI is InChI=1S/C12H11NO2S/c14-16(15)13-12-8-4-7-11(9-12)10-5-2-1-3-6-10/h1-9,13H,(H,14,15). The zero-order valence-corrected chi connectivity index (χ0v) is 9.28. The molecule has 0 radical (unpaired) electrons. The van der Waals surface area contributed by atoms with Gasteiger partial charge in [-0.3, -0.25) is 9.27 Å². The number of hydrogen-bond acceptors (Lipinski definition) is 1. The molecule has 0 aliphatic heterocycles. The molecule has 1 unspecified atom stereocenters. The first-order valence-corrected chi connectivity index (χ1v) is 5.89. The molecule has 0 saturated carbocycles. The number of nitrogens with one attached hydrogen (secondary N) is 1. The van der Waals surface area contributed by atoms with E-state index in [1.807, 2.05) is 48.5 Å². The van der Waals surface area contributed by atoms with Gasteiger partial charge < -0.3 is 0 Å². The summed E-state index contributed by atoms with van der Waals surface area (Å²) in [7, 11) is 0. The highest BCUT2D eigenvalue weighted by Crippen LogP contribution is 2.22. The smallest absolute Gasteiger partial charge is 0.259 e. The molecular formula is C12H11NO2S. The molecule has 0 fully saturated rings. The summed E-state index contributed by atoms with van der Waals surface area (Å²) in [5, 5.41) is 0. The van der Waals surface area contributed by atoms with Crippen LogP contribution in [-0.2, 0) is 11.3 Å². The summed E-state index contributed by atoms with van der Waals surface area (Å²) < 4.78 is 21.8. The summed E-state index contributed by atoms with van der Waals surface area (Å²) in [6, 6.07) is 17.3. The highest BCUT2D eigenvalue weighted by atomic mass is 32.2. The second-order valence-electron chi connectivity index (χ2n) is 3.30. The van der Waals surface area contributed by atoms with Gasteiger partial charge in [0, 0.05) is 5.69 Å². The lowest BCUT2D eigenvalue weighted by molar-refractivity contribution is 0.570. The van der Waals surface area contributed by atoms with E-state index in [-0.39, 0.29) is 0 Å². The van der Waals surface area contributed by atoms with E-state index in [0.29, 0.717) is 5.69 Å². The first-order chi connectivity index (χ1) is 7.75. The normalized spacial score (nSPS) is 12.1. The molecule has 0 bridgehead atoms. The van der Waals surface area contributed by atoms with Crippen LogP contribution in [-0.4, -0.2) is 8.76 Å². The van der Waals surface area contributed by atoms with Crippen LogP contribution in [0.25, 0.3) is 11.1 Å². The Kier molecular flexibility index (Phi) is 3.34. The molecule has 0 aromatic heterocycles. The van der Waals surface area contributed by atoms with Crippen molar-refractivity contribution in [2.24, 2.45) is 0 Å². The molecule has 2 rings (SSSR count). The van der Waals surface area contributed by atoms with Crippen LogP contribution in [0.3, 0.4) is 0 Å². The third-order valence-electron chi connectivity index (χ3n) is 2.17. The van der Waals surface area contributed by atoms with Gasteiger partial charge in [0.25, 0.3) is 11.3 Å². The Morgan fingerprint density at radius 2 is 1.62 bits per heavy atom. The van der Waals surface area contributed by atoms with Gasteiger partial charge in [-0.05, 0) is 23.3 Å². The first kappa shape index (κ1) is 10.9. The fourth-order valence-electron chi connectivity index (χ4n) is 1.49. The van der Waals surface area contributed by atoms with E-state index in [4.69, 9.17) is 4.55 Å². The lowest BCUT2D eigenvalue weighted by Crippen LogP contribution is -2.01. The van der Waals surface area contributed by atoms with Gasteiger partial charge in [0.15, 0.2) is 0 Å². The predicted molar refractivity (Wildman–Crippen MR) is 66.3 cm³/mol. The predicted octanol–water partition coefficient (Wildman–Crippen LogP) is 2.90. The molecule has 3 nitrogen and oxygen atoms in total. The Labute approximate surface area is 96.6 Å². The Bertz CT molecular complexity index is 499. The molecule has 0 saturated heterocycles. The number of rotatable bonds is 3. The van der Waals surface area contributed by atoms with Gasteiger partial charge in [0.2, 0.25) is 0 Å². The molecule has 0 aliphatic carbocycles. The highest BCUT2D eigenvalue weighted by molar-refractivity contribution is 7.80. The van der Waals surface area contributed by atoms with Crippen LogP contribution in [0.5, 0.6) is 0 Å². The van der Waals surface area contributed by atoms with Gasteiger partial charge >= 0.3 is 0 Å². The quantitative estimate of drug-likeness (QED) is 0.801. The summed E-state index contributed by atoms with van der Waals surface area (Å²) in [6.45, 7) is 0. The maximum Gasteiger partial charge on any atom is 0.259 e. The maximum atomic E-state index is 10.6. The molecular weight excluding hydrogens is 222 g/mol. The Hall–Kier alpha value is -1.65. The minimum atomic E-state index is -2.03. The van der Waals surface area contributed by atoms with Crippen molar-refractivity contribution in [2.75, 3.05) is 4.72 Å². The number of hydrogen-bond donors (Lipinski definition) is 2. The summed E-state index contributed by atoms with van der Waals surface area (Å²) in [5.41, 5.74) is 2.72. The molecule has 4 heteroatoms. The largest absolute Gasteiger partial charge is 0.289 e. The molecule has 16 heavy (non-hydrogen) atoms. The zero-order chi connectivity index (χ0) is 11.4. The van der Waals surface area contributed by atoms with E-state index in [1.54, 1.807) is 6.07 Å². The van der Waals surface area contributed by atoms with E-state index < -0.39 is 11.3 Å². The molecule has 0 amide bonds. The third kappa shape index (κ3) is 2.68. The van der Waals surface area contributed by atoms with Crippen molar-refractivity contribution in [3.8, 4) is 11.1 Å². The average Bonchev–Trinajstić information content (AvgIpc) is 2.30. The molecule has 2 aromatic rings. The van der Waals surface area contributed by atoms with Gasteiger partial charge in [0.05, 0.1) is 0 Å². The summed E-state index contributed by atoms with van der Waals surface area (Å²) in [6.07, 6.45) is 0. The molecule has 2 N–H and O–H groups in total. The maximum absolute atomic E-state index is 10.6. The molecule has 2 aromatic carbocycles. The first-order valence-electron chi connectivity index (χ1n) is 4.79. The van der Waals surface area contributed by atoms with Gasteiger partial charge in [-0.2, -0.15) is 0 Å². The minimum absolute atomic E-state index is 0.627. The van der Waals surface area contributed by atoms with E-state index in [9.17, 15) is 4.21 Å². The summed E-state index contributed by atoms with van der Waals surface area (Å²) >= 11 is -2.03. The summed E-state index contributed by atoms with van der Waals surface area (Å²) in [4.78, 5) is 0. The van der Waals surface area contributed by atoms with E-state index in [2.05, 4.69) is 4.72 Å². The van der Waals surface area contributed by atoms with Crippen molar-refractivity contribution in [3.05, 3.63) is 54.6 Å². The summed E-state index contributed by atoms with van der Waals surface area (Å²) in [5.74, 6) is 0. The zero-order valence-electron chi connectivity index (χ0n) is 8.46. The Balaban J connectivity index is 2.33. The van der Waals surface area contributed by atoms with Crippen LogP contribution in [0.15, 0.2) is 54.6 Å². The van der Waals surface area contributed by atoms with Crippen LogP contribution in [0.4, 0.5) is 5.69 Å². The molecule has 1 atom stereocenters. The average molecular weight is 233 g/mol. The third-order valence-corrected chi connectivity index (χ3v) is 2.59. The Morgan fingerprint density at radius 3 is 2.31 bits per heavy atom. The second-order valence-corrected chi connectivity index (χ2v) is 4.00. The highest BCUT2D eigenvalue weighted by Gasteiger charge is 1.99. The van der Waals surface area contributed by atoms with Crippen molar-refractivity contribution in [1.29, 1.82) is 0 Å². The van der Waals surface area contributed by atoms with Gasteiger partial charge in [-0.15, -0.1) is 0 Å². The number of benzene rings is 2. The van der Waals surface area contributed by atoms with Crippen molar-refractivity contribution in [3.63, 3.8) is 0 Å². The molecule has 82 valence electrons. The van der Waals surface area contributed by atoms with Gasteiger partial charge in [-0.1, -0.05) is 42.5 Å². The van der Waals surface area contributed by atoms with Crippen LogP contribution < -0.4 is 4.72 Å². The molecule has 0 aliphatic rings. The lowest BCUT2D eigenvalue weighted by atomic mass is 10.1. The fraction of sp³-hybridized carbons (Fsp3) is 0. The molecule has 0 heterocycles. The van der Waals surface area contributed by atoms with E-state index >= 15 is 0 Å². The minimum Gasteiger partial charge on any atom is -0.289 e. The van der Waals surface area contributed by atoms with Crippen LogP contribution in [0.1, 0.15) is 0 Å². The van der Waals surface area contributed by atoms with E-state index in [1.165, 1.54) is 0 Å².